The Labute approximate surface area is 96.6 Å². The molecule has 0 aliphatic rings. The van der Waals surface area contributed by atoms with Crippen molar-refractivity contribution in [2.75, 3.05) is 37.4 Å². The Morgan fingerprint density at radius 1 is 1.38 bits per heavy atom. The van der Waals surface area contributed by atoms with Crippen LogP contribution in [0.3, 0.4) is 0 Å². The maximum Gasteiger partial charge on any atom is 0.224 e. The number of nitrogens with zero attached hydrogens (tertiary/aromatic N) is 2. The molecule has 0 fully saturated rings. The van der Waals surface area contributed by atoms with E-state index in [9.17, 15) is 0 Å². The lowest BCUT2D eigenvalue weighted by Gasteiger charge is -2.09. The van der Waals surface area contributed by atoms with Crippen molar-refractivity contribution in [3.63, 3.8) is 0 Å². The summed E-state index contributed by atoms with van der Waals surface area (Å²) >= 11 is 0. The number of ether oxygens (including phenoxy) is 1. The third kappa shape index (κ3) is 4.93. The SMILES string of the molecule is COCCNc1ccnc(NCC(C)C)n1. The Bertz CT molecular complexity index is 304. The van der Waals surface area contributed by atoms with Crippen molar-refractivity contribution in [2.24, 2.45) is 5.92 Å². The number of rotatable bonds is 7. The summed E-state index contributed by atoms with van der Waals surface area (Å²) in [4.78, 5) is 8.47. The molecule has 1 aromatic rings. The van der Waals surface area contributed by atoms with E-state index in [0.717, 1.165) is 18.9 Å². The highest BCUT2D eigenvalue weighted by Gasteiger charge is 1.99. The second-order valence-corrected chi connectivity index (χ2v) is 3.96. The quantitative estimate of drug-likeness (QED) is 0.689. The van der Waals surface area contributed by atoms with Gasteiger partial charge < -0.3 is 15.4 Å². The smallest absolute Gasteiger partial charge is 0.224 e. The first-order valence-electron chi connectivity index (χ1n) is 5.52. The molecule has 1 aromatic heterocycles. The summed E-state index contributed by atoms with van der Waals surface area (Å²) in [6.45, 7) is 6.58. The minimum atomic E-state index is 0.578. The number of aromatic nitrogens is 2. The van der Waals surface area contributed by atoms with E-state index in [1.165, 1.54) is 0 Å². The molecule has 0 atom stereocenters. The predicted molar refractivity (Wildman–Crippen MR) is 65.7 cm³/mol. The number of anilines is 2. The standard InChI is InChI=1S/C11H20N4O/c1-9(2)8-14-11-13-5-4-10(15-11)12-6-7-16-3/h4-5,9H,6-8H2,1-3H3,(H2,12,13,14,15). The summed E-state index contributed by atoms with van der Waals surface area (Å²) in [5.74, 6) is 2.06. The summed E-state index contributed by atoms with van der Waals surface area (Å²) in [7, 11) is 1.68. The molecule has 1 heterocycles. The Balaban J connectivity index is 2.43. The van der Waals surface area contributed by atoms with Crippen LogP contribution in [0.25, 0.3) is 0 Å². The first kappa shape index (κ1) is 12.7. The van der Waals surface area contributed by atoms with Crippen molar-refractivity contribution < 1.29 is 4.74 Å². The van der Waals surface area contributed by atoms with Gasteiger partial charge in [0.25, 0.3) is 0 Å². The van der Waals surface area contributed by atoms with Crippen molar-refractivity contribution >= 4 is 11.8 Å². The molecule has 0 radical (unpaired) electrons. The highest BCUT2D eigenvalue weighted by atomic mass is 16.5. The molecular formula is C11H20N4O. The van der Waals surface area contributed by atoms with Gasteiger partial charge in [-0.15, -0.1) is 0 Å². The van der Waals surface area contributed by atoms with Crippen LogP contribution in [0, 0.1) is 5.92 Å². The zero-order valence-corrected chi connectivity index (χ0v) is 10.2. The topological polar surface area (TPSA) is 59.1 Å². The van der Waals surface area contributed by atoms with Crippen LogP contribution in [0.2, 0.25) is 0 Å². The minimum Gasteiger partial charge on any atom is -0.383 e. The molecule has 0 aromatic carbocycles. The van der Waals surface area contributed by atoms with Gasteiger partial charge in [0, 0.05) is 26.4 Å². The number of methoxy groups -OCH3 is 1. The molecular weight excluding hydrogens is 204 g/mol. The second-order valence-electron chi connectivity index (χ2n) is 3.96. The van der Waals surface area contributed by atoms with Crippen LogP contribution in [0.4, 0.5) is 11.8 Å². The van der Waals surface area contributed by atoms with Gasteiger partial charge in [0.1, 0.15) is 5.82 Å². The zero-order chi connectivity index (χ0) is 11.8. The van der Waals surface area contributed by atoms with Gasteiger partial charge in [-0.25, -0.2) is 4.98 Å². The lowest BCUT2D eigenvalue weighted by Crippen LogP contribution is -2.13. The van der Waals surface area contributed by atoms with E-state index in [1.807, 2.05) is 6.07 Å². The van der Waals surface area contributed by atoms with Crippen LogP contribution in [-0.4, -0.2) is 36.8 Å². The molecule has 0 saturated carbocycles. The third-order valence-electron chi connectivity index (χ3n) is 1.94. The molecule has 1 rings (SSSR count). The van der Waals surface area contributed by atoms with E-state index >= 15 is 0 Å². The molecule has 16 heavy (non-hydrogen) atoms. The number of nitrogens with one attached hydrogen (secondary N) is 2. The molecule has 0 aliphatic heterocycles. The largest absolute Gasteiger partial charge is 0.383 e. The number of hydrogen-bond acceptors (Lipinski definition) is 5. The van der Waals surface area contributed by atoms with Crippen molar-refractivity contribution in [2.45, 2.75) is 13.8 Å². The van der Waals surface area contributed by atoms with Gasteiger partial charge in [0.2, 0.25) is 5.95 Å². The predicted octanol–water partition coefficient (Wildman–Crippen LogP) is 1.60. The highest BCUT2D eigenvalue weighted by Crippen LogP contribution is 2.05. The Hall–Kier alpha value is -1.36. The molecule has 0 unspecified atom stereocenters. The molecule has 5 heteroatoms. The molecule has 0 amide bonds. The first-order chi connectivity index (χ1) is 7.72. The van der Waals surface area contributed by atoms with Gasteiger partial charge in [-0.2, -0.15) is 4.98 Å². The van der Waals surface area contributed by atoms with Crippen LogP contribution in [-0.2, 0) is 4.74 Å². The summed E-state index contributed by atoms with van der Waals surface area (Å²) in [5.41, 5.74) is 0. The van der Waals surface area contributed by atoms with Gasteiger partial charge in [0.05, 0.1) is 6.61 Å². The van der Waals surface area contributed by atoms with Gasteiger partial charge in [-0.1, -0.05) is 13.8 Å². The van der Waals surface area contributed by atoms with E-state index in [-0.39, 0.29) is 0 Å². The lowest BCUT2D eigenvalue weighted by atomic mass is 10.2. The summed E-state index contributed by atoms with van der Waals surface area (Å²) < 4.78 is 4.95. The van der Waals surface area contributed by atoms with E-state index in [2.05, 4.69) is 34.4 Å². The van der Waals surface area contributed by atoms with Gasteiger partial charge in [0.15, 0.2) is 0 Å². The lowest BCUT2D eigenvalue weighted by molar-refractivity contribution is 0.210. The summed E-state index contributed by atoms with van der Waals surface area (Å²) in [5, 5.41) is 6.34. The summed E-state index contributed by atoms with van der Waals surface area (Å²) in [6.07, 6.45) is 1.74. The molecule has 0 saturated heterocycles. The van der Waals surface area contributed by atoms with Gasteiger partial charge in [-0.3, -0.25) is 0 Å². The summed E-state index contributed by atoms with van der Waals surface area (Å²) in [6, 6.07) is 1.84. The van der Waals surface area contributed by atoms with Gasteiger partial charge in [-0.05, 0) is 12.0 Å². The fourth-order valence-corrected chi connectivity index (χ4v) is 1.12. The zero-order valence-electron chi connectivity index (χ0n) is 10.2. The minimum absolute atomic E-state index is 0.578. The Morgan fingerprint density at radius 3 is 2.88 bits per heavy atom. The van der Waals surface area contributed by atoms with E-state index in [1.54, 1.807) is 13.3 Å². The molecule has 90 valence electrons. The number of hydrogen-bond donors (Lipinski definition) is 2. The third-order valence-corrected chi connectivity index (χ3v) is 1.94. The fourth-order valence-electron chi connectivity index (χ4n) is 1.12. The first-order valence-corrected chi connectivity index (χ1v) is 5.52. The maximum atomic E-state index is 4.95. The Kier molecular flexibility index (Phi) is 5.56. The van der Waals surface area contributed by atoms with Crippen LogP contribution in [0.5, 0.6) is 0 Å². The van der Waals surface area contributed by atoms with E-state index < -0.39 is 0 Å². The molecule has 5 nitrogen and oxygen atoms in total. The van der Waals surface area contributed by atoms with Crippen molar-refractivity contribution in [3.05, 3.63) is 12.3 Å². The van der Waals surface area contributed by atoms with Crippen molar-refractivity contribution in [1.29, 1.82) is 0 Å². The monoisotopic (exact) mass is 224 g/mol. The Morgan fingerprint density at radius 2 is 2.19 bits per heavy atom. The molecule has 0 bridgehead atoms. The van der Waals surface area contributed by atoms with E-state index in [0.29, 0.717) is 18.5 Å². The average molecular weight is 224 g/mol. The molecule has 0 spiro atoms. The van der Waals surface area contributed by atoms with Gasteiger partial charge >= 0.3 is 0 Å². The highest BCUT2D eigenvalue weighted by molar-refractivity contribution is 5.39. The average Bonchev–Trinajstić information content (AvgIpc) is 2.27. The van der Waals surface area contributed by atoms with Crippen LogP contribution >= 0.6 is 0 Å². The fraction of sp³-hybridized carbons (Fsp3) is 0.636. The van der Waals surface area contributed by atoms with Crippen LogP contribution in [0.15, 0.2) is 12.3 Å². The van der Waals surface area contributed by atoms with Crippen molar-refractivity contribution in [1.82, 2.24) is 9.97 Å². The van der Waals surface area contributed by atoms with E-state index in [4.69, 9.17) is 4.74 Å². The van der Waals surface area contributed by atoms with Crippen LogP contribution in [0.1, 0.15) is 13.8 Å². The second kappa shape index (κ2) is 7.00. The van der Waals surface area contributed by atoms with Crippen LogP contribution < -0.4 is 10.6 Å². The van der Waals surface area contributed by atoms with Crippen molar-refractivity contribution in [3.8, 4) is 0 Å². The normalized spacial score (nSPS) is 10.5. The molecule has 2 N–H and O–H groups in total. The maximum absolute atomic E-state index is 4.95. The molecule has 0 aliphatic carbocycles.